The third-order valence-corrected chi connectivity index (χ3v) is 3.23. The van der Waals surface area contributed by atoms with E-state index in [1.165, 1.54) is 24.3 Å². The predicted molar refractivity (Wildman–Crippen MR) is 71.2 cm³/mol. The molecule has 0 spiro atoms. The van der Waals surface area contributed by atoms with Crippen molar-refractivity contribution in [1.29, 1.82) is 0 Å². The van der Waals surface area contributed by atoms with Gasteiger partial charge in [0.15, 0.2) is 0 Å². The van der Waals surface area contributed by atoms with Gasteiger partial charge in [0.1, 0.15) is 0 Å². The molecule has 2 amide bonds. The molecule has 1 aliphatic rings. The number of rotatable bonds is 3. The second-order valence-corrected chi connectivity index (χ2v) is 4.49. The molecular weight excluding hydrogens is 248 g/mol. The van der Waals surface area contributed by atoms with Crippen molar-refractivity contribution in [3.8, 4) is 0 Å². The van der Waals surface area contributed by atoms with E-state index in [1.807, 2.05) is 0 Å². The largest absolute Gasteiger partial charge is 0.323 e. The smallest absolute Gasteiger partial charge is 0.321 e. The Morgan fingerprint density at radius 2 is 2.16 bits per heavy atom. The molecular formula is C12H16N4O3. The van der Waals surface area contributed by atoms with Gasteiger partial charge in [-0.1, -0.05) is 0 Å². The minimum atomic E-state index is -0.470. The molecule has 7 heteroatoms. The molecule has 1 saturated heterocycles. The number of amides is 2. The van der Waals surface area contributed by atoms with Gasteiger partial charge in [0.2, 0.25) is 0 Å². The molecule has 1 heterocycles. The van der Waals surface area contributed by atoms with Crippen LogP contribution in [0.25, 0.3) is 0 Å². The van der Waals surface area contributed by atoms with Gasteiger partial charge in [-0.3, -0.25) is 10.1 Å². The van der Waals surface area contributed by atoms with Crippen molar-refractivity contribution < 1.29 is 9.72 Å². The van der Waals surface area contributed by atoms with E-state index in [1.54, 1.807) is 11.9 Å². The van der Waals surface area contributed by atoms with Crippen LogP contribution in [0.3, 0.4) is 0 Å². The summed E-state index contributed by atoms with van der Waals surface area (Å²) < 4.78 is 0. The summed E-state index contributed by atoms with van der Waals surface area (Å²) in [5, 5.41) is 16.4. The molecule has 19 heavy (non-hydrogen) atoms. The lowest BCUT2D eigenvalue weighted by molar-refractivity contribution is -0.384. The Bertz CT molecular complexity index is 468. The Morgan fingerprint density at radius 1 is 1.47 bits per heavy atom. The fourth-order valence-electron chi connectivity index (χ4n) is 2.01. The molecule has 1 unspecified atom stereocenters. The zero-order valence-electron chi connectivity index (χ0n) is 10.6. The first-order chi connectivity index (χ1) is 9.08. The van der Waals surface area contributed by atoms with E-state index < -0.39 is 4.92 Å². The summed E-state index contributed by atoms with van der Waals surface area (Å²) in [5.41, 5.74) is 0.555. The van der Waals surface area contributed by atoms with E-state index in [2.05, 4.69) is 10.6 Å². The standard InChI is InChI=1S/C12H16N4O3/c1-15(11-6-7-13-8-11)12(17)14-9-2-4-10(5-3-9)16(18)19/h2-5,11,13H,6-8H2,1H3,(H,14,17). The Hall–Kier alpha value is -2.15. The molecule has 1 aliphatic heterocycles. The summed E-state index contributed by atoms with van der Waals surface area (Å²) in [6.07, 6.45) is 0.935. The fraction of sp³-hybridized carbons (Fsp3) is 0.417. The first-order valence-corrected chi connectivity index (χ1v) is 6.07. The summed E-state index contributed by atoms with van der Waals surface area (Å²) in [6.45, 7) is 1.71. The number of hydrogen-bond donors (Lipinski definition) is 2. The van der Waals surface area contributed by atoms with E-state index in [0.717, 1.165) is 19.5 Å². The zero-order chi connectivity index (χ0) is 13.8. The summed E-state index contributed by atoms with van der Waals surface area (Å²) in [5.74, 6) is 0. The van der Waals surface area contributed by atoms with Crippen molar-refractivity contribution in [2.75, 3.05) is 25.5 Å². The highest BCUT2D eigenvalue weighted by Crippen LogP contribution is 2.16. The average molecular weight is 264 g/mol. The number of benzene rings is 1. The van der Waals surface area contributed by atoms with Crippen LogP contribution in [0.15, 0.2) is 24.3 Å². The van der Waals surface area contributed by atoms with E-state index in [0.29, 0.717) is 5.69 Å². The van der Waals surface area contributed by atoms with Crippen LogP contribution in [-0.2, 0) is 0 Å². The maximum absolute atomic E-state index is 12.0. The number of nitrogens with one attached hydrogen (secondary N) is 2. The highest BCUT2D eigenvalue weighted by atomic mass is 16.6. The van der Waals surface area contributed by atoms with Gasteiger partial charge in [-0.15, -0.1) is 0 Å². The van der Waals surface area contributed by atoms with E-state index >= 15 is 0 Å². The number of carbonyl (C=O) groups excluding carboxylic acids is 1. The monoisotopic (exact) mass is 264 g/mol. The number of nitro groups is 1. The lowest BCUT2D eigenvalue weighted by atomic mass is 10.2. The quantitative estimate of drug-likeness (QED) is 0.638. The predicted octanol–water partition coefficient (Wildman–Crippen LogP) is 1.42. The van der Waals surface area contributed by atoms with Gasteiger partial charge in [-0.25, -0.2) is 4.79 Å². The molecule has 0 aromatic heterocycles. The summed E-state index contributed by atoms with van der Waals surface area (Å²) in [7, 11) is 1.75. The van der Waals surface area contributed by atoms with E-state index in [4.69, 9.17) is 0 Å². The number of likely N-dealkylation sites (N-methyl/N-ethyl adjacent to an activating group) is 1. The highest BCUT2D eigenvalue weighted by molar-refractivity contribution is 5.89. The minimum absolute atomic E-state index is 0.00588. The lowest BCUT2D eigenvalue weighted by Crippen LogP contribution is -2.40. The molecule has 2 rings (SSSR count). The van der Waals surface area contributed by atoms with E-state index in [9.17, 15) is 14.9 Å². The van der Waals surface area contributed by atoms with Gasteiger partial charge in [0, 0.05) is 37.5 Å². The van der Waals surface area contributed by atoms with Crippen molar-refractivity contribution in [3.05, 3.63) is 34.4 Å². The SMILES string of the molecule is CN(C(=O)Nc1ccc([N+](=O)[O-])cc1)C1CCNC1. The van der Waals surface area contributed by atoms with Gasteiger partial charge < -0.3 is 15.5 Å². The van der Waals surface area contributed by atoms with Gasteiger partial charge in [-0.2, -0.15) is 0 Å². The van der Waals surface area contributed by atoms with Crippen molar-refractivity contribution in [2.24, 2.45) is 0 Å². The first kappa shape index (κ1) is 13.3. The average Bonchev–Trinajstić information content (AvgIpc) is 2.92. The Kier molecular flexibility index (Phi) is 3.96. The van der Waals surface area contributed by atoms with Crippen molar-refractivity contribution in [2.45, 2.75) is 12.5 Å². The number of nitrogens with zero attached hydrogens (tertiary/aromatic N) is 2. The van der Waals surface area contributed by atoms with Crippen LogP contribution < -0.4 is 10.6 Å². The number of non-ortho nitro benzene ring substituents is 1. The first-order valence-electron chi connectivity index (χ1n) is 6.07. The van der Waals surface area contributed by atoms with Crippen LogP contribution in [-0.4, -0.2) is 42.0 Å². The number of carbonyl (C=O) groups is 1. The van der Waals surface area contributed by atoms with Crippen LogP contribution in [0, 0.1) is 10.1 Å². The lowest BCUT2D eigenvalue weighted by Gasteiger charge is -2.23. The molecule has 7 nitrogen and oxygen atoms in total. The van der Waals surface area contributed by atoms with Crippen LogP contribution in [0.4, 0.5) is 16.2 Å². The van der Waals surface area contributed by atoms with Crippen molar-refractivity contribution in [3.63, 3.8) is 0 Å². The Balaban J connectivity index is 1.96. The number of hydrogen-bond acceptors (Lipinski definition) is 4. The maximum Gasteiger partial charge on any atom is 0.321 e. The van der Waals surface area contributed by atoms with Crippen molar-refractivity contribution in [1.82, 2.24) is 10.2 Å². The number of nitro benzene ring substituents is 1. The van der Waals surface area contributed by atoms with Crippen LogP contribution in [0.1, 0.15) is 6.42 Å². The van der Waals surface area contributed by atoms with E-state index in [-0.39, 0.29) is 17.8 Å². The number of anilines is 1. The fourth-order valence-corrected chi connectivity index (χ4v) is 2.01. The third kappa shape index (κ3) is 3.19. The van der Waals surface area contributed by atoms with Gasteiger partial charge in [0.05, 0.1) is 4.92 Å². The summed E-state index contributed by atoms with van der Waals surface area (Å²) >= 11 is 0. The highest BCUT2D eigenvalue weighted by Gasteiger charge is 2.23. The van der Waals surface area contributed by atoms with Gasteiger partial charge >= 0.3 is 6.03 Å². The molecule has 0 radical (unpaired) electrons. The van der Waals surface area contributed by atoms with Gasteiger partial charge in [0.25, 0.3) is 5.69 Å². The Labute approximate surface area is 110 Å². The zero-order valence-corrected chi connectivity index (χ0v) is 10.6. The number of urea groups is 1. The molecule has 0 aliphatic carbocycles. The molecule has 1 fully saturated rings. The third-order valence-electron chi connectivity index (χ3n) is 3.23. The van der Waals surface area contributed by atoms with Crippen LogP contribution in [0.5, 0.6) is 0 Å². The summed E-state index contributed by atoms with van der Waals surface area (Å²) in [4.78, 5) is 23.7. The Morgan fingerprint density at radius 3 is 2.68 bits per heavy atom. The molecule has 1 atom stereocenters. The van der Waals surface area contributed by atoms with Crippen LogP contribution >= 0.6 is 0 Å². The second-order valence-electron chi connectivity index (χ2n) is 4.49. The molecule has 102 valence electrons. The maximum atomic E-state index is 12.0. The summed E-state index contributed by atoms with van der Waals surface area (Å²) in [6, 6.07) is 5.77. The van der Waals surface area contributed by atoms with Crippen molar-refractivity contribution >= 4 is 17.4 Å². The molecule has 2 N–H and O–H groups in total. The molecule has 0 saturated carbocycles. The topological polar surface area (TPSA) is 87.5 Å². The molecule has 1 aromatic rings. The minimum Gasteiger partial charge on any atom is -0.323 e. The van der Waals surface area contributed by atoms with Gasteiger partial charge in [-0.05, 0) is 25.1 Å². The van der Waals surface area contributed by atoms with Crippen LogP contribution in [0.2, 0.25) is 0 Å². The molecule has 1 aromatic carbocycles. The normalized spacial score (nSPS) is 18.1. The second kappa shape index (κ2) is 5.66. The molecule has 0 bridgehead atoms.